The fourth-order valence-corrected chi connectivity index (χ4v) is 1.89. The molecule has 2 aromatic rings. The first-order valence-electron chi connectivity index (χ1n) is 6.30. The molecule has 0 aliphatic heterocycles. The van der Waals surface area contributed by atoms with Crippen molar-refractivity contribution in [3.05, 3.63) is 41.6 Å². The molecule has 6 heteroatoms. The van der Waals surface area contributed by atoms with E-state index in [2.05, 4.69) is 10.3 Å². The highest BCUT2D eigenvalue weighted by Crippen LogP contribution is 2.25. The van der Waals surface area contributed by atoms with Crippen molar-refractivity contribution >= 4 is 17.4 Å². The van der Waals surface area contributed by atoms with Crippen LogP contribution in [0.4, 0.5) is 11.5 Å². The van der Waals surface area contributed by atoms with Gasteiger partial charge in [-0.1, -0.05) is 0 Å². The summed E-state index contributed by atoms with van der Waals surface area (Å²) in [6.45, 7) is 1.82. The lowest BCUT2D eigenvalue weighted by molar-refractivity contribution is 0.102. The van der Waals surface area contributed by atoms with E-state index in [4.69, 9.17) is 15.2 Å². The Balaban J connectivity index is 2.31. The third kappa shape index (κ3) is 3.22. The minimum absolute atomic E-state index is 0.328. The number of hydrogen-bond acceptors (Lipinski definition) is 5. The molecule has 0 bridgehead atoms. The molecule has 1 heterocycles. The standard InChI is InChI=1S/C15H17N3O3/c1-9-6-10(16)8-17-14(9)18-15(19)12-7-11(20-2)4-5-13(12)21-3/h4-8H,16H2,1-3H3,(H,17,18,19). The number of pyridine rings is 1. The molecule has 6 nitrogen and oxygen atoms in total. The lowest BCUT2D eigenvalue weighted by Crippen LogP contribution is -2.15. The summed E-state index contributed by atoms with van der Waals surface area (Å²) in [4.78, 5) is 16.5. The smallest absolute Gasteiger partial charge is 0.260 e. The van der Waals surface area contributed by atoms with Gasteiger partial charge in [0.05, 0.1) is 31.7 Å². The number of hydrogen-bond donors (Lipinski definition) is 2. The van der Waals surface area contributed by atoms with Crippen molar-refractivity contribution < 1.29 is 14.3 Å². The van der Waals surface area contributed by atoms with Gasteiger partial charge >= 0.3 is 0 Å². The van der Waals surface area contributed by atoms with E-state index >= 15 is 0 Å². The molecule has 0 spiro atoms. The van der Waals surface area contributed by atoms with Crippen LogP contribution in [0.15, 0.2) is 30.5 Å². The normalized spacial score (nSPS) is 10.0. The molecule has 0 aliphatic rings. The molecule has 0 aliphatic carbocycles. The van der Waals surface area contributed by atoms with Crippen molar-refractivity contribution in [1.29, 1.82) is 0 Å². The van der Waals surface area contributed by atoms with Crippen molar-refractivity contribution in [2.24, 2.45) is 0 Å². The molecule has 0 fully saturated rings. The van der Waals surface area contributed by atoms with E-state index < -0.39 is 0 Å². The van der Waals surface area contributed by atoms with Crippen molar-refractivity contribution in [2.45, 2.75) is 6.92 Å². The zero-order valence-corrected chi connectivity index (χ0v) is 12.1. The molecule has 110 valence electrons. The van der Waals surface area contributed by atoms with Crippen molar-refractivity contribution in [1.82, 2.24) is 4.98 Å². The third-order valence-electron chi connectivity index (χ3n) is 2.98. The zero-order chi connectivity index (χ0) is 15.4. The predicted molar refractivity (Wildman–Crippen MR) is 80.9 cm³/mol. The SMILES string of the molecule is COc1ccc(OC)c(C(=O)Nc2ncc(N)cc2C)c1. The molecule has 1 aromatic carbocycles. The first-order chi connectivity index (χ1) is 10.0. The van der Waals surface area contributed by atoms with Crippen LogP contribution in [0.1, 0.15) is 15.9 Å². The van der Waals surface area contributed by atoms with Gasteiger partial charge in [-0.2, -0.15) is 0 Å². The lowest BCUT2D eigenvalue weighted by Gasteiger charge is -2.12. The number of nitrogens with one attached hydrogen (secondary N) is 1. The molecule has 0 atom stereocenters. The summed E-state index contributed by atoms with van der Waals surface area (Å²) >= 11 is 0. The molecule has 3 N–H and O–H groups in total. The third-order valence-corrected chi connectivity index (χ3v) is 2.98. The van der Waals surface area contributed by atoms with Crippen LogP contribution >= 0.6 is 0 Å². The molecule has 0 saturated heterocycles. The number of nitrogens with zero attached hydrogens (tertiary/aromatic N) is 1. The Bertz CT molecular complexity index is 671. The number of nitrogen functional groups attached to an aromatic ring is 1. The molecular weight excluding hydrogens is 270 g/mol. The van der Waals surface area contributed by atoms with Crippen molar-refractivity contribution in [2.75, 3.05) is 25.3 Å². The van der Waals surface area contributed by atoms with Crippen LogP contribution < -0.4 is 20.5 Å². The van der Waals surface area contributed by atoms with Gasteiger partial charge < -0.3 is 20.5 Å². The largest absolute Gasteiger partial charge is 0.497 e. The number of rotatable bonds is 4. The highest BCUT2D eigenvalue weighted by molar-refractivity contribution is 6.06. The summed E-state index contributed by atoms with van der Waals surface area (Å²) in [5.74, 6) is 1.16. The fourth-order valence-electron chi connectivity index (χ4n) is 1.89. The Morgan fingerprint density at radius 3 is 2.62 bits per heavy atom. The van der Waals surface area contributed by atoms with Gasteiger partial charge in [-0.05, 0) is 36.8 Å². The van der Waals surface area contributed by atoms with Gasteiger partial charge in [-0.25, -0.2) is 4.98 Å². The topological polar surface area (TPSA) is 86.5 Å². The van der Waals surface area contributed by atoms with Gasteiger partial charge in [0.1, 0.15) is 17.3 Å². The number of anilines is 2. The van der Waals surface area contributed by atoms with Crippen LogP contribution in [0.3, 0.4) is 0 Å². The Labute approximate surface area is 122 Å². The Morgan fingerprint density at radius 2 is 2.00 bits per heavy atom. The van der Waals surface area contributed by atoms with E-state index in [-0.39, 0.29) is 5.91 Å². The minimum atomic E-state index is -0.328. The molecule has 0 unspecified atom stereocenters. The van der Waals surface area contributed by atoms with Gasteiger partial charge in [0, 0.05) is 0 Å². The molecule has 2 rings (SSSR count). The second-order valence-electron chi connectivity index (χ2n) is 4.45. The number of benzene rings is 1. The number of carbonyl (C=O) groups excluding carboxylic acids is 1. The maximum atomic E-state index is 12.4. The number of aromatic nitrogens is 1. The van der Waals surface area contributed by atoms with E-state index in [1.807, 2.05) is 6.92 Å². The molecule has 21 heavy (non-hydrogen) atoms. The summed E-state index contributed by atoms with van der Waals surface area (Å²) in [6, 6.07) is 6.76. The van der Waals surface area contributed by atoms with Crippen LogP contribution in [-0.2, 0) is 0 Å². The lowest BCUT2D eigenvalue weighted by atomic mass is 10.1. The summed E-state index contributed by atoms with van der Waals surface area (Å²) in [7, 11) is 3.04. The number of methoxy groups -OCH3 is 2. The zero-order valence-electron chi connectivity index (χ0n) is 12.1. The van der Waals surface area contributed by atoms with E-state index in [0.717, 1.165) is 5.56 Å². The second-order valence-corrected chi connectivity index (χ2v) is 4.45. The average molecular weight is 287 g/mol. The maximum Gasteiger partial charge on any atom is 0.260 e. The quantitative estimate of drug-likeness (QED) is 0.900. The van der Waals surface area contributed by atoms with Crippen molar-refractivity contribution in [3.63, 3.8) is 0 Å². The molecule has 0 radical (unpaired) electrons. The van der Waals surface area contributed by atoms with Gasteiger partial charge in [-0.3, -0.25) is 4.79 Å². The van der Waals surface area contributed by atoms with E-state index in [9.17, 15) is 4.79 Å². The maximum absolute atomic E-state index is 12.4. The number of aryl methyl sites for hydroxylation is 1. The van der Waals surface area contributed by atoms with Gasteiger partial charge in [0.15, 0.2) is 0 Å². The van der Waals surface area contributed by atoms with E-state index in [0.29, 0.717) is 28.6 Å². The predicted octanol–water partition coefficient (Wildman–Crippen LogP) is 2.24. The number of ether oxygens (including phenoxy) is 2. The average Bonchev–Trinajstić information content (AvgIpc) is 2.49. The summed E-state index contributed by atoms with van der Waals surface area (Å²) in [5.41, 5.74) is 7.34. The Kier molecular flexibility index (Phi) is 4.27. The summed E-state index contributed by atoms with van der Waals surface area (Å²) in [6.07, 6.45) is 1.49. The number of nitrogens with two attached hydrogens (primary N) is 1. The highest BCUT2D eigenvalue weighted by atomic mass is 16.5. The van der Waals surface area contributed by atoms with Gasteiger partial charge in [0.2, 0.25) is 0 Å². The highest BCUT2D eigenvalue weighted by Gasteiger charge is 2.15. The van der Waals surface area contributed by atoms with Crippen LogP contribution in [0.2, 0.25) is 0 Å². The molecular formula is C15H17N3O3. The van der Waals surface area contributed by atoms with Crippen LogP contribution in [-0.4, -0.2) is 25.1 Å². The van der Waals surface area contributed by atoms with Gasteiger partial charge in [0.25, 0.3) is 5.91 Å². The summed E-state index contributed by atoms with van der Waals surface area (Å²) in [5, 5.41) is 2.74. The summed E-state index contributed by atoms with van der Waals surface area (Å²) < 4.78 is 10.3. The van der Waals surface area contributed by atoms with Gasteiger partial charge in [-0.15, -0.1) is 0 Å². The second kappa shape index (κ2) is 6.13. The minimum Gasteiger partial charge on any atom is -0.497 e. The molecule has 1 aromatic heterocycles. The van der Waals surface area contributed by atoms with Crippen molar-refractivity contribution in [3.8, 4) is 11.5 Å². The Morgan fingerprint density at radius 1 is 1.24 bits per heavy atom. The van der Waals surface area contributed by atoms with Crippen LogP contribution in [0, 0.1) is 6.92 Å². The van der Waals surface area contributed by atoms with Crippen LogP contribution in [0.5, 0.6) is 11.5 Å². The number of carbonyl (C=O) groups is 1. The van der Waals surface area contributed by atoms with Crippen LogP contribution in [0.25, 0.3) is 0 Å². The number of amides is 1. The molecule has 0 saturated carbocycles. The first kappa shape index (κ1) is 14.6. The van der Waals surface area contributed by atoms with E-state index in [1.165, 1.54) is 20.4 Å². The molecule has 1 amide bonds. The fraction of sp³-hybridized carbons (Fsp3) is 0.200. The monoisotopic (exact) mass is 287 g/mol. The first-order valence-corrected chi connectivity index (χ1v) is 6.30. The Hall–Kier alpha value is -2.76. The van der Waals surface area contributed by atoms with E-state index in [1.54, 1.807) is 24.3 Å².